The first-order chi connectivity index (χ1) is 8.65. The molecule has 5 nitrogen and oxygen atoms in total. The summed E-state index contributed by atoms with van der Waals surface area (Å²) in [6.45, 7) is 4.12. The standard InChI is InChI=1S/C13H19N5/c1-9-5-10(14)7-18(6-9)13-12-11(3-4-15-13)17(2)8-16-12/h3-4,8-10H,5-7,14H2,1-2H3. The van der Waals surface area contributed by atoms with Crippen LogP contribution in [-0.4, -0.2) is 33.7 Å². The van der Waals surface area contributed by atoms with Crippen molar-refractivity contribution in [1.29, 1.82) is 0 Å². The number of pyridine rings is 1. The molecule has 3 rings (SSSR count). The molecule has 2 atom stereocenters. The molecule has 0 spiro atoms. The Morgan fingerprint density at radius 1 is 1.33 bits per heavy atom. The highest BCUT2D eigenvalue weighted by Gasteiger charge is 2.24. The van der Waals surface area contributed by atoms with Gasteiger partial charge in [0.1, 0.15) is 5.52 Å². The summed E-state index contributed by atoms with van der Waals surface area (Å²) in [5.41, 5.74) is 8.20. The molecule has 2 aromatic rings. The third-order valence-corrected chi connectivity index (χ3v) is 3.62. The number of aryl methyl sites for hydroxylation is 1. The molecule has 0 aromatic carbocycles. The van der Waals surface area contributed by atoms with Crippen LogP contribution in [0.4, 0.5) is 5.82 Å². The monoisotopic (exact) mass is 245 g/mol. The Bertz CT molecular complexity index is 552. The maximum atomic E-state index is 6.11. The Labute approximate surface area is 107 Å². The largest absolute Gasteiger partial charge is 0.353 e. The molecular weight excluding hydrogens is 226 g/mol. The first-order valence-corrected chi connectivity index (χ1v) is 6.41. The Hall–Kier alpha value is -1.62. The van der Waals surface area contributed by atoms with Crippen molar-refractivity contribution in [2.75, 3.05) is 18.0 Å². The summed E-state index contributed by atoms with van der Waals surface area (Å²) in [6.07, 6.45) is 4.78. The fourth-order valence-corrected chi connectivity index (χ4v) is 2.85. The molecule has 0 radical (unpaired) electrons. The highest BCUT2D eigenvalue weighted by molar-refractivity contribution is 5.86. The minimum atomic E-state index is 0.231. The van der Waals surface area contributed by atoms with E-state index in [2.05, 4.69) is 21.8 Å². The van der Waals surface area contributed by atoms with E-state index in [1.165, 1.54) is 0 Å². The van der Waals surface area contributed by atoms with Crippen molar-refractivity contribution in [2.24, 2.45) is 18.7 Å². The molecule has 5 heteroatoms. The molecule has 1 fully saturated rings. The van der Waals surface area contributed by atoms with E-state index in [0.29, 0.717) is 5.92 Å². The Morgan fingerprint density at radius 3 is 2.94 bits per heavy atom. The molecule has 1 aliphatic heterocycles. The molecule has 2 N–H and O–H groups in total. The van der Waals surface area contributed by atoms with Crippen LogP contribution in [0.15, 0.2) is 18.6 Å². The number of hydrogen-bond donors (Lipinski definition) is 1. The van der Waals surface area contributed by atoms with E-state index in [4.69, 9.17) is 5.73 Å². The fraction of sp³-hybridized carbons (Fsp3) is 0.538. The van der Waals surface area contributed by atoms with Crippen LogP contribution in [0.3, 0.4) is 0 Å². The smallest absolute Gasteiger partial charge is 0.156 e. The summed E-state index contributed by atoms with van der Waals surface area (Å²) < 4.78 is 2.02. The molecule has 0 aliphatic carbocycles. The van der Waals surface area contributed by atoms with E-state index in [-0.39, 0.29) is 6.04 Å². The Morgan fingerprint density at radius 2 is 2.17 bits per heavy atom. The first kappa shape index (κ1) is 11.5. The van der Waals surface area contributed by atoms with Crippen LogP contribution in [0.2, 0.25) is 0 Å². The SMILES string of the molecule is CC1CC(N)CN(c2nccc3c2ncn3C)C1. The molecule has 2 unspecified atom stereocenters. The minimum absolute atomic E-state index is 0.231. The van der Waals surface area contributed by atoms with Gasteiger partial charge in [0.15, 0.2) is 5.82 Å². The Kier molecular flexibility index (Phi) is 2.70. The number of fused-ring (bicyclic) bond motifs is 1. The van der Waals surface area contributed by atoms with Crippen molar-refractivity contribution >= 4 is 16.9 Å². The maximum absolute atomic E-state index is 6.11. The summed E-state index contributed by atoms with van der Waals surface area (Å²) in [5, 5.41) is 0. The van der Waals surface area contributed by atoms with Crippen LogP contribution in [-0.2, 0) is 7.05 Å². The van der Waals surface area contributed by atoms with Gasteiger partial charge in [-0.05, 0) is 18.4 Å². The number of aromatic nitrogens is 3. The van der Waals surface area contributed by atoms with Crippen molar-refractivity contribution in [2.45, 2.75) is 19.4 Å². The molecule has 96 valence electrons. The summed E-state index contributed by atoms with van der Waals surface area (Å²) in [6, 6.07) is 2.23. The van der Waals surface area contributed by atoms with Crippen LogP contribution < -0.4 is 10.6 Å². The molecule has 0 bridgehead atoms. The van der Waals surface area contributed by atoms with Crippen molar-refractivity contribution in [3.05, 3.63) is 18.6 Å². The van der Waals surface area contributed by atoms with Gasteiger partial charge in [-0.25, -0.2) is 9.97 Å². The predicted molar refractivity (Wildman–Crippen MR) is 72.5 cm³/mol. The van der Waals surface area contributed by atoms with Gasteiger partial charge >= 0.3 is 0 Å². The third kappa shape index (κ3) is 1.84. The van der Waals surface area contributed by atoms with Gasteiger partial charge in [0.05, 0.1) is 11.8 Å². The normalized spacial score (nSPS) is 24.7. The van der Waals surface area contributed by atoms with E-state index in [1.54, 1.807) is 0 Å². The highest BCUT2D eigenvalue weighted by atomic mass is 15.2. The third-order valence-electron chi connectivity index (χ3n) is 3.62. The lowest BCUT2D eigenvalue weighted by molar-refractivity contribution is 0.400. The number of nitrogens with zero attached hydrogens (tertiary/aromatic N) is 4. The highest BCUT2D eigenvalue weighted by Crippen LogP contribution is 2.26. The maximum Gasteiger partial charge on any atom is 0.156 e. The van der Waals surface area contributed by atoms with Crippen LogP contribution in [0.1, 0.15) is 13.3 Å². The predicted octanol–water partition coefficient (Wildman–Crippen LogP) is 1.14. The Balaban J connectivity index is 2.03. The molecular formula is C13H19N5. The van der Waals surface area contributed by atoms with E-state index in [1.807, 2.05) is 30.2 Å². The summed E-state index contributed by atoms with van der Waals surface area (Å²) in [4.78, 5) is 11.2. The zero-order chi connectivity index (χ0) is 12.7. The fourth-order valence-electron chi connectivity index (χ4n) is 2.85. The van der Waals surface area contributed by atoms with Gasteiger partial charge in [-0.3, -0.25) is 0 Å². The van der Waals surface area contributed by atoms with E-state index in [0.717, 1.165) is 36.4 Å². The van der Waals surface area contributed by atoms with Gasteiger partial charge in [-0.2, -0.15) is 0 Å². The second-order valence-corrected chi connectivity index (χ2v) is 5.36. The average Bonchev–Trinajstić information content (AvgIpc) is 2.70. The second-order valence-electron chi connectivity index (χ2n) is 5.36. The second kappa shape index (κ2) is 4.24. The number of rotatable bonds is 1. The van der Waals surface area contributed by atoms with Crippen LogP contribution >= 0.6 is 0 Å². The summed E-state index contributed by atoms with van der Waals surface area (Å²) >= 11 is 0. The van der Waals surface area contributed by atoms with Gasteiger partial charge in [0.25, 0.3) is 0 Å². The van der Waals surface area contributed by atoms with Crippen LogP contribution in [0, 0.1) is 5.92 Å². The number of imidazole rings is 1. The number of anilines is 1. The minimum Gasteiger partial charge on any atom is -0.353 e. The lowest BCUT2D eigenvalue weighted by atomic mass is 9.96. The number of piperidine rings is 1. The molecule has 18 heavy (non-hydrogen) atoms. The van der Waals surface area contributed by atoms with E-state index < -0.39 is 0 Å². The van der Waals surface area contributed by atoms with Crippen LogP contribution in [0.5, 0.6) is 0 Å². The lowest BCUT2D eigenvalue weighted by Crippen LogP contribution is -2.46. The van der Waals surface area contributed by atoms with E-state index in [9.17, 15) is 0 Å². The first-order valence-electron chi connectivity index (χ1n) is 6.41. The van der Waals surface area contributed by atoms with Gasteiger partial charge in [0, 0.05) is 32.4 Å². The summed E-state index contributed by atoms with van der Waals surface area (Å²) in [7, 11) is 2.00. The molecule has 0 saturated carbocycles. The quantitative estimate of drug-likeness (QED) is 0.818. The van der Waals surface area contributed by atoms with Crippen molar-refractivity contribution < 1.29 is 0 Å². The number of hydrogen-bond acceptors (Lipinski definition) is 4. The average molecular weight is 245 g/mol. The van der Waals surface area contributed by atoms with Gasteiger partial charge in [0.2, 0.25) is 0 Å². The summed E-state index contributed by atoms with van der Waals surface area (Å²) in [5.74, 6) is 1.57. The van der Waals surface area contributed by atoms with E-state index >= 15 is 0 Å². The lowest BCUT2D eigenvalue weighted by Gasteiger charge is -2.35. The molecule has 2 aromatic heterocycles. The van der Waals surface area contributed by atoms with Gasteiger partial charge < -0.3 is 15.2 Å². The van der Waals surface area contributed by atoms with Gasteiger partial charge in [-0.1, -0.05) is 6.92 Å². The zero-order valence-corrected chi connectivity index (χ0v) is 10.9. The zero-order valence-electron chi connectivity index (χ0n) is 10.9. The van der Waals surface area contributed by atoms with Crippen molar-refractivity contribution in [3.8, 4) is 0 Å². The molecule has 0 amide bonds. The molecule has 1 saturated heterocycles. The number of nitrogens with two attached hydrogens (primary N) is 1. The molecule has 3 heterocycles. The molecule has 1 aliphatic rings. The van der Waals surface area contributed by atoms with Crippen molar-refractivity contribution in [1.82, 2.24) is 14.5 Å². The van der Waals surface area contributed by atoms with Crippen LogP contribution in [0.25, 0.3) is 11.0 Å². The van der Waals surface area contributed by atoms with Crippen molar-refractivity contribution in [3.63, 3.8) is 0 Å². The topological polar surface area (TPSA) is 60.0 Å². The van der Waals surface area contributed by atoms with Gasteiger partial charge in [-0.15, -0.1) is 0 Å².